The SMILES string of the molecule is O=C1CC=C2C=CC=CN2C1. The minimum absolute atomic E-state index is 0.286. The molecule has 0 saturated carbocycles. The maximum absolute atomic E-state index is 11.0. The lowest BCUT2D eigenvalue weighted by Gasteiger charge is -2.25. The molecule has 2 heterocycles. The Balaban J connectivity index is 2.30. The topological polar surface area (TPSA) is 20.3 Å². The first-order chi connectivity index (χ1) is 5.36. The van der Waals surface area contributed by atoms with Crippen LogP contribution in [-0.4, -0.2) is 17.2 Å². The van der Waals surface area contributed by atoms with Gasteiger partial charge in [-0.05, 0) is 12.2 Å². The molecule has 2 aliphatic heterocycles. The van der Waals surface area contributed by atoms with Crippen LogP contribution < -0.4 is 0 Å². The Morgan fingerprint density at radius 3 is 3.18 bits per heavy atom. The van der Waals surface area contributed by atoms with Gasteiger partial charge in [-0.25, -0.2) is 0 Å². The molecule has 0 aliphatic carbocycles. The third-order valence-corrected chi connectivity index (χ3v) is 1.86. The van der Waals surface area contributed by atoms with Crippen LogP contribution in [-0.2, 0) is 4.79 Å². The molecule has 2 rings (SSSR count). The summed E-state index contributed by atoms with van der Waals surface area (Å²) >= 11 is 0. The van der Waals surface area contributed by atoms with Gasteiger partial charge in [0.2, 0.25) is 0 Å². The van der Waals surface area contributed by atoms with Crippen molar-refractivity contribution < 1.29 is 4.79 Å². The van der Waals surface area contributed by atoms with Crippen LogP contribution in [0.4, 0.5) is 0 Å². The maximum atomic E-state index is 11.0. The van der Waals surface area contributed by atoms with Gasteiger partial charge in [-0.1, -0.05) is 12.2 Å². The van der Waals surface area contributed by atoms with Crippen LogP contribution in [0, 0.1) is 0 Å². The first kappa shape index (κ1) is 6.40. The predicted molar refractivity (Wildman–Crippen MR) is 42.7 cm³/mol. The van der Waals surface area contributed by atoms with Crippen LogP contribution in [0.1, 0.15) is 6.42 Å². The number of allylic oxidation sites excluding steroid dienone is 4. The van der Waals surface area contributed by atoms with E-state index in [0.29, 0.717) is 13.0 Å². The predicted octanol–water partition coefficient (Wildman–Crippen LogP) is 1.23. The van der Waals surface area contributed by atoms with E-state index < -0.39 is 0 Å². The minimum Gasteiger partial charge on any atom is -0.341 e. The number of carbonyl (C=O) groups excluding carboxylic acids is 1. The number of hydrogen-bond donors (Lipinski definition) is 0. The summed E-state index contributed by atoms with van der Waals surface area (Å²) in [7, 11) is 0. The molecule has 0 atom stereocenters. The van der Waals surface area contributed by atoms with E-state index >= 15 is 0 Å². The van der Waals surface area contributed by atoms with Crippen molar-refractivity contribution in [1.82, 2.24) is 4.90 Å². The zero-order valence-electron chi connectivity index (χ0n) is 6.16. The van der Waals surface area contributed by atoms with E-state index in [-0.39, 0.29) is 5.78 Å². The molecule has 0 fully saturated rings. The molecular weight excluding hydrogens is 138 g/mol. The van der Waals surface area contributed by atoms with Gasteiger partial charge in [0.15, 0.2) is 5.78 Å². The summed E-state index contributed by atoms with van der Waals surface area (Å²) < 4.78 is 0. The van der Waals surface area contributed by atoms with Gasteiger partial charge in [-0.3, -0.25) is 4.79 Å². The standard InChI is InChI=1S/C9H9NO/c11-9-5-4-8-3-1-2-6-10(8)7-9/h1-4,6H,5,7H2. The number of rotatable bonds is 0. The highest BCUT2D eigenvalue weighted by molar-refractivity contribution is 5.83. The van der Waals surface area contributed by atoms with E-state index in [4.69, 9.17) is 0 Å². The molecule has 0 N–H and O–H groups in total. The van der Waals surface area contributed by atoms with Gasteiger partial charge in [-0.15, -0.1) is 0 Å². The molecule has 2 heteroatoms. The van der Waals surface area contributed by atoms with Crippen LogP contribution in [0.3, 0.4) is 0 Å². The summed E-state index contributed by atoms with van der Waals surface area (Å²) in [6, 6.07) is 0. The molecule has 2 aliphatic rings. The summed E-state index contributed by atoms with van der Waals surface area (Å²) in [4.78, 5) is 12.9. The summed E-state index contributed by atoms with van der Waals surface area (Å²) in [6.45, 7) is 0.534. The number of nitrogens with zero attached hydrogens (tertiary/aromatic N) is 1. The normalized spacial score (nSPS) is 21.6. The molecule has 0 bridgehead atoms. The van der Waals surface area contributed by atoms with E-state index in [2.05, 4.69) is 0 Å². The number of fused-ring (bicyclic) bond motifs is 1. The minimum atomic E-state index is 0.286. The van der Waals surface area contributed by atoms with Crippen molar-refractivity contribution in [3.05, 3.63) is 36.2 Å². The Bertz CT molecular complexity index is 273. The van der Waals surface area contributed by atoms with Gasteiger partial charge in [0.25, 0.3) is 0 Å². The Hall–Kier alpha value is -1.31. The number of Topliss-reactive ketones (excluding diaryl/α,β-unsaturated/α-hetero) is 1. The van der Waals surface area contributed by atoms with Crippen LogP contribution >= 0.6 is 0 Å². The van der Waals surface area contributed by atoms with E-state index in [1.165, 1.54) is 0 Å². The third kappa shape index (κ3) is 1.11. The molecule has 2 nitrogen and oxygen atoms in total. The van der Waals surface area contributed by atoms with Gasteiger partial charge in [0.05, 0.1) is 6.54 Å². The van der Waals surface area contributed by atoms with Crippen LogP contribution in [0.25, 0.3) is 0 Å². The highest BCUT2D eigenvalue weighted by atomic mass is 16.1. The first-order valence-electron chi connectivity index (χ1n) is 3.69. The number of ketones is 1. The van der Waals surface area contributed by atoms with E-state index in [0.717, 1.165) is 5.70 Å². The Morgan fingerprint density at radius 1 is 1.36 bits per heavy atom. The fourth-order valence-electron chi connectivity index (χ4n) is 1.29. The van der Waals surface area contributed by atoms with Gasteiger partial charge in [0, 0.05) is 18.3 Å². The smallest absolute Gasteiger partial charge is 0.156 e. The average Bonchev–Trinajstić information content (AvgIpc) is 2.04. The Labute approximate surface area is 65.5 Å². The van der Waals surface area contributed by atoms with Gasteiger partial charge in [-0.2, -0.15) is 0 Å². The Morgan fingerprint density at radius 2 is 2.27 bits per heavy atom. The zero-order chi connectivity index (χ0) is 7.68. The quantitative estimate of drug-likeness (QED) is 0.513. The second-order valence-corrected chi connectivity index (χ2v) is 2.70. The van der Waals surface area contributed by atoms with Crippen LogP contribution in [0.15, 0.2) is 36.2 Å². The molecule has 0 aromatic carbocycles. The summed E-state index contributed by atoms with van der Waals surface area (Å²) in [6.07, 6.45) is 10.4. The number of hydrogen-bond acceptors (Lipinski definition) is 2. The summed E-state index contributed by atoms with van der Waals surface area (Å²) in [5.74, 6) is 0.286. The van der Waals surface area contributed by atoms with Crippen molar-refractivity contribution in [2.45, 2.75) is 6.42 Å². The lowest BCUT2D eigenvalue weighted by molar-refractivity contribution is -0.119. The fraction of sp³-hybridized carbons (Fsp3) is 0.222. The molecule has 56 valence electrons. The van der Waals surface area contributed by atoms with Crippen molar-refractivity contribution >= 4 is 5.78 Å². The zero-order valence-corrected chi connectivity index (χ0v) is 6.16. The van der Waals surface area contributed by atoms with E-state index in [9.17, 15) is 4.79 Å². The average molecular weight is 147 g/mol. The number of carbonyl (C=O) groups is 1. The molecule has 0 radical (unpaired) electrons. The molecule has 0 saturated heterocycles. The van der Waals surface area contributed by atoms with Gasteiger partial charge in [0.1, 0.15) is 0 Å². The molecule has 0 spiro atoms. The summed E-state index contributed by atoms with van der Waals surface area (Å²) in [5, 5.41) is 0. The molecule has 0 aromatic rings. The van der Waals surface area contributed by atoms with Crippen LogP contribution in [0.5, 0.6) is 0 Å². The van der Waals surface area contributed by atoms with Gasteiger partial charge >= 0.3 is 0 Å². The molecule has 0 aromatic heterocycles. The third-order valence-electron chi connectivity index (χ3n) is 1.86. The second-order valence-electron chi connectivity index (χ2n) is 2.70. The van der Waals surface area contributed by atoms with Crippen molar-refractivity contribution in [1.29, 1.82) is 0 Å². The molecule has 0 unspecified atom stereocenters. The largest absolute Gasteiger partial charge is 0.341 e. The van der Waals surface area contributed by atoms with Crippen molar-refractivity contribution in [3.8, 4) is 0 Å². The van der Waals surface area contributed by atoms with Crippen molar-refractivity contribution in [2.24, 2.45) is 0 Å². The van der Waals surface area contributed by atoms with Crippen molar-refractivity contribution in [3.63, 3.8) is 0 Å². The second kappa shape index (κ2) is 2.38. The van der Waals surface area contributed by atoms with Gasteiger partial charge < -0.3 is 4.90 Å². The van der Waals surface area contributed by atoms with E-state index in [1.54, 1.807) is 0 Å². The van der Waals surface area contributed by atoms with E-state index in [1.807, 2.05) is 35.4 Å². The monoisotopic (exact) mass is 147 g/mol. The molecule has 11 heavy (non-hydrogen) atoms. The highest BCUT2D eigenvalue weighted by Crippen LogP contribution is 2.16. The van der Waals surface area contributed by atoms with Crippen LogP contribution in [0.2, 0.25) is 0 Å². The lowest BCUT2D eigenvalue weighted by atomic mass is 10.1. The fourth-order valence-corrected chi connectivity index (χ4v) is 1.29. The highest BCUT2D eigenvalue weighted by Gasteiger charge is 2.15. The molecular formula is C9H9NO. The summed E-state index contributed by atoms with van der Waals surface area (Å²) in [5.41, 5.74) is 1.15. The van der Waals surface area contributed by atoms with Crippen molar-refractivity contribution in [2.75, 3.05) is 6.54 Å². The maximum Gasteiger partial charge on any atom is 0.156 e. The lowest BCUT2D eigenvalue weighted by Crippen LogP contribution is -2.28. The first-order valence-corrected chi connectivity index (χ1v) is 3.69. The Kier molecular flexibility index (Phi) is 1.39. The molecule has 0 amide bonds.